The second kappa shape index (κ2) is 9.54. The molecule has 4 rings (SSSR count). The van der Waals surface area contributed by atoms with Gasteiger partial charge in [0.1, 0.15) is 22.2 Å². The van der Waals surface area contributed by atoms with Crippen LogP contribution < -0.4 is 14.2 Å². The number of anilines is 1. The Morgan fingerprint density at radius 3 is 2.39 bits per heavy atom. The fourth-order valence-electron chi connectivity index (χ4n) is 3.87. The summed E-state index contributed by atoms with van der Waals surface area (Å²) in [5.41, 5.74) is 3.73. The fourth-order valence-corrected chi connectivity index (χ4v) is 5.11. The van der Waals surface area contributed by atoms with Crippen LogP contribution in [0.2, 0.25) is 0 Å². The third kappa shape index (κ3) is 4.80. The van der Waals surface area contributed by atoms with Gasteiger partial charge in [0.05, 0.1) is 25.3 Å². The number of nitrogens with zero attached hydrogens (tertiary/aromatic N) is 2. The van der Waals surface area contributed by atoms with Gasteiger partial charge < -0.3 is 14.0 Å². The summed E-state index contributed by atoms with van der Waals surface area (Å²) in [5.74, 6) is 1.73. The minimum atomic E-state index is -3.85. The molecule has 8 heteroatoms. The first-order valence-corrected chi connectivity index (χ1v) is 12.2. The molecule has 0 fully saturated rings. The zero-order valence-corrected chi connectivity index (χ0v) is 19.7. The van der Waals surface area contributed by atoms with Crippen LogP contribution in [0.25, 0.3) is 11.0 Å². The Balaban J connectivity index is 1.48. The third-order valence-corrected chi connectivity index (χ3v) is 6.96. The number of nitrogens with one attached hydrogen (secondary N) is 1. The van der Waals surface area contributed by atoms with E-state index >= 15 is 0 Å². The fraction of sp³-hybridized carbons (Fsp3) is 0.240. The van der Waals surface area contributed by atoms with Crippen LogP contribution in [0.15, 0.2) is 71.6 Å². The van der Waals surface area contributed by atoms with Crippen molar-refractivity contribution in [3.8, 4) is 11.5 Å². The molecule has 1 aromatic heterocycles. The summed E-state index contributed by atoms with van der Waals surface area (Å²) in [7, 11) is -0.930. The largest absolute Gasteiger partial charge is 0.497 e. The molecule has 0 aliphatic heterocycles. The highest BCUT2D eigenvalue weighted by Crippen LogP contribution is 2.30. The lowest BCUT2D eigenvalue weighted by Gasteiger charge is -2.13. The van der Waals surface area contributed by atoms with Gasteiger partial charge in [-0.1, -0.05) is 24.3 Å². The molecule has 0 aliphatic rings. The molecule has 0 atom stereocenters. The summed E-state index contributed by atoms with van der Waals surface area (Å²) in [6, 6.07) is 20.2. The summed E-state index contributed by atoms with van der Waals surface area (Å²) in [4.78, 5) is 4.80. The van der Waals surface area contributed by atoms with Crippen molar-refractivity contribution in [2.24, 2.45) is 0 Å². The molecule has 172 valence electrons. The first-order chi connectivity index (χ1) is 15.9. The molecular weight excluding hydrogens is 438 g/mol. The van der Waals surface area contributed by atoms with E-state index in [0.717, 1.165) is 41.8 Å². The van der Waals surface area contributed by atoms with E-state index < -0.39 is 10.0 Å². The van der Waals surface area contributed by atoms with Gasteiger partial charge in [0.25, 0.3) is 10.0 Å². The quantitative estimate of drug-likeness (QED) is 0.389. The Morgan fingerprint density at radius 2 is 1.70 bits per heavy atom. The highest BCUT2D eigenvalue weighted by molar-refractivity contribution is 7.92. The van der Waals surface area contributed by atoms with Crippen molar-refractivity contribution in [3.63, 3.8) is 0 Å². The Hall–Kier alpha value is -3.52. The lowest BCUT2D eigenvalue weighted by atomic mass is 10.1. The monoisotopic (exact) mass is 465 g/mol. The number of sulfonamides is 1. The Morgan fingerprint density at radius 1 is 0.939 bits per heavy atom. The number of para-hydroxylation sites is 2. The number of rotatable bonds is 9. The molecule has 0 bridgehead atoms. The lowest BCUT2D eigenvalue weighted by Crippen LogP contribution is -2.14. The number of fused-ring (bicyclic) bond motifs is 1. The molecular formula is C25H27N3O4S. The number of hydrogen-bond acceptors (Lipinski definition) is 5. The second-order valence-electron chi connectivity index (χ2n) is 7.58. The van der Waals surface area contributed by atoms with E-state index in [4.69, 9.17) is 14.5 Å². The Bertz CT molecular complexity index is 1360. The van der Waals surface area contributed by atoms with Crippen LogP contribution >= 0.6 is 0 Å². The van der Waals surface area contributed by atoms with Crippen molar-refractivity contribution in [1.29, 1.82) is 0 Å². The molecule has 4 aromatic rings. The molecule has 1 heterocycles. The van der Waals surface area contributed by atoms with E-state index in [1.165, 1.54) is 20.3 Å². The molecule has 0 radical (unpaired) electrons. The van der Waals surface area contributed by atoms with Crippen LogP contribution in [0.1, 0.15) is 18.3 Å². The van der Waals surface area contributed by atoms with Crippen molar-refractivity contribution in [2.45, 2.75) is 31.2 Å². The minimum absolute atomic E-state index is 0.0203. The van der Waals surface area contributed by atoms with Gasteiger partial charge in [-0.2, -0.15) is 0 Å². The number of aromatic nitrogens is 2. The standard InChI is InChI=1S/C25H27N3O4S/c1-4-28-22-8-6-5-7-21(22)26-25(28)16-11-18-9-12-19(13-10-18)27-33(29,30)24-17-20(31-2)14-15-23(24)32-3/h5-10,12-15,17,27H,4,11,16H2,1-3H3. The van der Waals surface area contributed by atoms with Crippen molar-refractivity contribution in [1.82, 2.24) is 9.55 Å². The van der Waals surface area contributed by atoms with Gasteiger partial charge in [0.15, 0.2) is 0 Å². The number of aryl methyl sites for hydroxylation is 3. The van der Waals surface area contributed by atoms with Gasteiger partial charge in [-0.25, -0.2) is 13.4 Å². The zero-order valence-electron chi connectivity index (χ0n) is 18.9. The zero-order chi connectivity index (χ0) is 23.4. The Labute approximate surface area is 194 Å². The Kier molecular flexibility index (Phi) is 6.55. The van der Waals surface area contributed by atoms with Crippen molar-refractivity contribution < 1.29 is 17.9 Å². The summed E-state index contributed by atoms with van der Waals surface area (Å²) in [5, 5.41) is 0. The van der Waals surface area contributed by atoms with Gasteiger partial charge in [-0.15, -0.1) is 0 Å². The van der Waals surface area contributed by atoms with Gasteiger partial charge in [0.2, 0.25) is 0 Å². The smallest absolute Gasteiger partial charge is 0.265 e. The number of imidazole rings is 1. The van der Waals surface area contributed by atoms with E-state index in [0.29, 0.717) is 11.4 Å². The molecule has 33 heavy (non-hydrogen) atoms. The average Bonchev–Trinajstić information content (AvgIpc) is 3.20. The number of ether oxygens (including phenoxy) is 2. The molecule has 0 spiro atoms. The maximum atomic E-state index is 12.9. The van der Waals surface area contributed by atoms with Crippen molar-refractivity contribution in [2.75, 3.05) is 18.9 Å². The van der Waals surface area contributed by atoms with Gasteiger partial charge in [-0.3, -0.25) is 4.72 Å². The van der Waals surface area contributed by atoms with Crippen LogP contribution in [-0.2, 0) is 29.4 Å². The van der Waals surface area contributed by atoms with Crippen LogP contribution in [0.5, 0.6) is 11.5 Å². The maximum absolute atomic E-state index is 12.9. The predicted octanol–water partition coefficient (Wildman–Crippen LogP) is 4.66. The van der Waals surface area contributed by atoms with Crippen molar-refractivity contribution in [3.05, 3.63) is 78.1 Å². The first-order valence-electron chi connectivity index (χ1n) is 10.7. The minimum Gasteiger partial charge on any atom is -0.497 e. The number of methoxy groups -OCH3 is 2. The lowest BCUT2D eigenvalue weighted by molar-refractivity contribution is 0.392. The molecule has 3 aromatic carbocycles. The van der Waals surface area contributed by atoms with Crippen LogP contribution in [0, 0.1) is 0 Å². The van der Waals surface area contributed by atoms with E-state index in [1.807, 2.05) is 30.3 Å². The first kappa shape index (κ1) is 22.7. The molecule has 0 saturated heterocycles. The van der Waals surface area contributed by atoms with Crippen LogP contribution in [-0.4, -0.2) is 32.2 Å². The highest BCUT2D eigenvalue weighted by Gasteiger charge is 2.21. The molecule has 7 nitrogen and oxygen atoms in total. The van der Waals surface area contributed by atoms with Gasteiger partial charge in [0, 0.05) is 24.7 Å². The average molecular weight is 466 g/mol. The molecule has 0 aliphatic carbocycles. The van der Waals surface area contributed by atoms with Crippen LogP contribution in [0.4, 0.5) is 5.69 Å². The summed E-state index contributed by atoms with van der Waals surface area (Å²) in [6.45, 7) is 2.99. The summed E-state index contributed by atoms with van der Waals surface area (Å²) in [6.07, 6.45) is 1.61. The molecule has 0 saturated carbocycles. The second-order valence-corrected chi connectivity index (χ2v) is 9.23. The topological polar surface area (TPSA) is 82.5 Å². The van der Waals surface area contributed by atoms with Gasteiger partial charge >= 0.3 is 0 Å². The van der Waals surface area contributed by atoms with Crippen LogP contribution in [0.3, 0.4) is 0 Å². The highest BCUT2D eigenvalue weighted by atomic mass is 32.2. The van der Waals surface area contributed by atoms with E-state index in [1.54, 1.807) is 24.3 Å². The number of benzene rings is 3. The predicted molar refractivity (Wildman–Crippen MR) is 130 cm³/mol. The molecule has 0 amide bonds. The van der Waals surface area contributed by atoms with Gasteiger partial charge in [-0.05, 0) is 55.3 Å². The summed E-state index contributed by atoms with van der Waals surface area (Å²) >= 11 is 0. The normalized spacial score (nSPS) is 11.5. The third-order valence-electron chi connectivity index (χ3n) is 5.55. The summed E-state index contributed by atoms with van der Waals surface area (Å²) < 4.78 is 41.1. The van der Waals surface area contributed by atoms with E-state index in [-0.39, 0.29) is 10.6 Å². The van der Waals surface area contributed by atoms with E-state index in [9.17, 15) is 8.42 Å². The van der Waals surface area contributed by atoms with E-state index in [2.05, 4.69) is 22.3 Å². The number of hydrogen-bond donors (Lipinski definition) is 1. The molecule has 0 unspecified atom stereocenters. The molecule has 1 N–H and O–H groups in total. The SMILES string of the molecule is CCn1c(CCc2ccc(NS(=O)(=O)c3cc(OC)ccc3OC)cc2)nc2ccccc21. The maximum Gasteiger partial charge on any atom is 0.265 e. The van der Waals surface area contributed by atoms with Crippen molar-refractivity contribution >= 4 is 26.7 Å².